The summed E-state index contributed by atoms with van der Waals surface area (Å²) in [5.41, 5.74) is 3.78. The molecule has 0 radical (unpaired) electrons. The normalized spacial score (nSPS) is 25.2. The van der Waals surface area contributed by atoms with Crippen molar-refractivity contribution >= 4 is 12.1 Å². The molecule has 0 aliphatic carbocycles. The lowest BCUT2D eigenvalue weighted by Crippen LogP contribution is -2.57. The number of ether oxygens (including phenoxy) is 2. The van der Waals surface area contributed by atoms with Crippen LogP contribution in [0.25, 0.3) is 0 Å². The second-order valence-electron chi connectivity index (χ2n) is 4.86. The second kappa shape index (κ2) is 4.39. The number of nitrogens with one attached hydrogen (secondary N) is 1. The predicted octanol–water partition coefficient (Wildman–Crippen LogP) is 0.503. The molecule has 0 saturated carbocycles. The van der Waals surface area contributed by atoms with Gasteiger partial charge in [-0.3, -0.25) is 5.32 Å². The average Bonchev–Trinajstić information content (AvgIpc) is 2.49. The highest BCUT2D eigenvalue weighted by Crippen LogP contribution is 2.16. The van der Waals surface area contributed by atoms with E-state index in [2.05, 4.69) is 10.1 Å². The van der Waals surface area contributed by atoms with Crippen molar-refractivity contribution in [3.05, 3.63) is 0 Å². The highest BCUT2D eigenvalue weighted by atomic mass is 16.7. The van der Waals surface area contributed by atoms with Gasteiger partial charge < -0.3 is 15.2 Å². The summed E-state index contributed by atoms with van der Waals surface area (Å²) >= 11 is 0. The fraction of sp³-hybridized carbons (Fsp3) is 0.800. The molecule has 1 fully saturated rings. The van der Waals surface area contributed by atoms with E-state index in [0.29, 0.717) is 13.0 Å². The molecule has 1 aliphatic heterocycles. The minimum Gasteiger partial charge on any atom is -0.428 e. The van der Waals surface area contributed by atoms with E-state index in [9.17, 15) is 9.59 Å². The van der Waals surface area contributed by atoms with Crippen molar-refractivity contribution in [3.63, 3.8) is 0 Å². The van der Waals surface area contributed by atoms with Crippen molar-refractivity contribution in [2.75, 3.05) is 6.54 Å². The first kappa shape index (κ1) is 12.9. The van der Waals surface area contributed by atoms with Gasteiger partial charge in [0.2, 0.25) is 0 Å². The molecule has 0 unspecified atom stereocenters. The molecular weight excluding hydrogens is 212 g/mol. The molecule has 0 bridgehead atoms. The lowest BCUT2D eigenvalue weighted by molar-refractivity contribution is -0.148. The van der Waals surface area contributed by atoms with Gasteiger partial charge in [0.15, 0.2) is 5.66 Å². The molecule has 0 aromatic carbocycles. The van der Waals surface area contributed by atoms with Crippen molar-refractivity contribution < 1.29 is 19.1 Å². The van der Waals surface area contributed by atoms with Crippen LogP contribution in [0.3, 0.4) is 0 Å². The third kappa shape index (κ3) is 3.46. The fourth-order valence-corrected chi connectivity index (χ4v) is 1.38. The summed E-state index contributed by atoms with van der Waals surface area (Å²) < 4.78 is 9.37. The number of rotatable bonds is 1. The largest absolute Gasteiger partial charge is 0.516 e. The van der Waals surface area contributed by atoms with Gasteiger partial charge in [-0.1, -0.05) is 0 Å². The third-order valence-electron chi connectivity index (χ3n) is 2.12. The Kier molecular flexibility index (Phi) is 3.54. The van der Waals surface area contributed by atoms with Crippen LogP contribution in [0.15, 0.2) is 0 Å². The average molecular weight is 230 g/mol. The van der Waals surface area contributed by atoms with Gasteiger partial charge in [-0.05, 0) is 40.2 Å². The van der Waals surface area contributed by atoms with E-state index in [0.717, 1.165) is 6.42 Å². The Morgan fingerprint density at radius 3 is 2.44 bits per heavy atom. The van der Waals surface area contributed by atoms with E-state index in [-0.39, 0.29) is 0 Å². The summed E-state index contributed by atoms with van der Waals surface area (Å²) in [5, 5.41) is 2.80. The number of hydrogen-bond donors (Lipinski definition) is 2. The van der Waals surface area contributed by atoms with Crippen LogP contribution in [0.5, 0.6) is 0 Å². The first-order chi connectivity index (χ1) is 7.23. The van der Waals surface area contributed by atoms with Gasteiger partial charge in [0.25, 0.3) is 0 Å². The van der Waals surface area contributed by atoms with Crippen molar-refractivity contribution in [1.29, 1.82) is 0 Å². The standard InChI is InChI=1S/C10H18N2O4/c1-9(2,3)16-8(14)15-7(13)10(11)5-4-6-12-10/h12H,4-6,11H2,1-3H3/t10-/m1/s1. The summed E-state index contributed by atoms with van der Waals surface area (Å²) in [4.78, 5) is 22.8. The van der Waals surface area contributed by atoms with Gasteiger partial charge in [0.1, 0.15) is 5.60 Å². The predicted molar refractivity (Wildman–Crippen MR) is 56.5 cm³/mol. The van der Waals surface area contributed by atoms with Crippen molar-refractivity contribution in [1.82, 2.24) is 5.32 Å². The van der Waals surface area contributed by atoms with Gasteiger partial charge in [-0.15, -0.1) is 0 Å². The van der Waals surface area contributed by atoms with Crippen molar-refractivity contribution in [2.45, 2.75) is 44.9 Å². The summed E-state index contributed by atoms with van der Waals surface area (Å²) in [5.74, 6) is -0.792. The third-order valence-corrected chi connectivity index (χ3v) is 2.12. The molecule has 6 heteroatoms. The van der Waals surface area contributed by atoms with E-state index in [1.54, 1.807) is 20.8 Å². The van der Waals surface area contributed by atoms with E-state index < -0.39 is 23.4 Å². The van der Waals surface area contributed by atoms with Crippen LogP contribution >= 0.6 is 0 Å². The molecule has 1 aliphatic rings. The van der Waals surface area contributed by atoms with Crippen LogP contribution in [0.1, 0.15) is 33.6 Å². The van der Waals surface area contributed by atoms with Crippen LogP contribution in [-0.2, 0) is 14.3 Å². The Labute approximate surface area is 94.5 Å². The smallest absolute Gasteiger partial charge is 0.428 e. The highest BCUT2D eigenvalue weighted by Gasteiger charge is 2.40. The topological polar surface area (TPSA) is 90.7 Å². The van der Waals surface area contributed by atoms with Crippen LogP contribution < -0.4 is 11.1 Å². The number of carbonyl (C=O) groups excluding carboxylic acids is 2. The molecule has 1 rings (SSSR count). The first-order valence-electron chi connectivity index (χ1n) is 5.22. The first-order valence-corrected chi connectivity index (χ1v) is 5.22. The second-order valence-corrected chi connectivity index (χ2v) is 4.86. The number of esters is 1. The Morgan fingerprint density at radius 2 is 2.00 bits per heavy atom. The summed E-state index contributed by atoms with van der Waals surface area (Å²) in [6, 6.07) is 0. The molecule has 1 saturated heterocycles. The highest BCUT2D eigenvalue weighted by molar-refractivity contribution is 5.88. The van der Waals surface area contributed by atoms with Gasteiger partial charge in [0.05, 0.1) is 0 Å². The minimum absolute atomic E-state index is 0.453. The summed E-state index contributed by atoms with van der Waals surface area (Å²) in [6.45, 7) is 5.69. The van der Waals surface area contributed by atoms with Gasteiger partial charge >= 0.3 is 12.1 Å². The van der Waals surface area contributed by atoms with Crippen molar-refractivity contribution in [2.24, 2.45) is 5.73 Å². The molecule has 3 N–H and O–H groups in total. The van der Waals surface area contributed by atoms with Crippen LogP contribution in [0.4, 0.5) is 4.79 Å². The van der Waals surface area contributed by atoms with Crippen LogP contribution in [0, 0.1) is 0 Å². The van der Waals surface area contributed by atoms with Crippen LogP contribution in [0.2, 0.25) is 0 Å². The molecule has 0 amide bonds. The molecule has 92 valence electrons. The lowest BCUT2D eigenvalue weighted by atomic mass is 10.1. The Hall–Kier alpha value is -1.14. The zero-order valence-electron chi connectivity index (χ0n) is 9.83. The zero-order valence-corrected chi connectivity index (χ0v) is 9.83. The number of carbonyl (C=O) groups is 2. The van der Waals surface area contributed by atoms with Gasteiger partial charge in [0, 0.05) is 0 Å². The van der Waals surface area contributed by atoms with E-state index in [1.165, 1.54) is 0 Å². The lowest BCUT2D eigenvalue weighted by Gasteiger charge is -2.23. The van der Waals surface area contributed by atoms with Crippen LogP contribution in [-0.4, -0.2) is 29.9 Å². The fourth-order valence-electron chi connectivity index (χ4n) is 1.38. The number of hydrogen-bond acceptors (Lipinski definition) is 6. The Bertz CT molecular complexity index is 290. The monoisotopic (exact) mass is 230 g/mol. The molecule has 0 aromatic rings. The van der Waals surface area contributed by atoms with Gasteiger partial charge in [-0.2, -0.15) is 0 Å². The maximum absolute atomic E-state index is 11.6. The molecular formula is C10H18N2O4. The maximum atomic E-state index is 11.6. The molecule has 0 spiro atoms. The van der Waals surface area contributed by atoms with E-state index in [1.807, 2.05) is 0 Å². The van der Waals surface area contributed by atoms with E-state index in [4.69, 9.17) is 10.5 Å². The molecule has 1 heterocycles. The quantitative estimate of drug-likeness (QED) is 0.503. The Balaban J connectivity index is 2.48. The SMILES string of the molecule is CC(C)(C)OC(=O)OC(=O)[C@@]1(N)CCCN1. The Morgan fingerprint density at radius 1 is 1.38 bits per heavy atom. The number of nitrogens with two attached hydrogens (primary N) is 1. The zero-order chi connectivity index (χ0) is 12.4. The summed E-state index contributed by atoms with van der Waals surface area (Å²) in [7, 11) is 0. The van der Waals surface area contributed by atoms with Crippen molar-refractivity contribution in [3.8, 4) is 0 Å². The minimum atomic E-state index is -1.25. The molecule has 0 aromatic heterocycles. The van der Waals surface area contributed by atoms with Gasteiger partial charge in [-0.25, -0.2) is 9.59 Å². The molecule has 16 heavy (non-hydrogen) atoms. The summed E-state index contributed by atoms with van der Waals surface area (Å²) in [6.07, 6.45) is 0.213. The maximum Gasteiger partial charge on any atom is 0.516 e. The van der Waals surface area contributed by atoms with E-state index >= 15 is 0 Å². The molecule has 1 atom stereocenters. The molecule has 6 nitrogen and oxygen atoms in total.